The number of ether oxygens (including phenoxy) is 4. The lowest BCUT2D eigenvalue weighted by Gasteiger charge is -2.21. The lowest BCUT2D eigenvalue weighted by molar-refractivity contribution is -0.161. The van der Waals surface area contributed by atoms with Crippen LogP contribution in [0, 0.1) is 5.92 Å². The smallest absolute Gasteiger partial charge is 0.462 e. The molecule has 0 aromatic rings. The molecule has 2 unspecified atom stereocenters. The van der Waals surface area contributed by atoms with Crippen molar-refractivity contribution in [2.45, 2.75) is 496 Å². The summed E-state index contributed by atoms with van der Waals surface area (Å²) in [4.78, 5) is 72.9. The fourth-order valence-corrected chi connectivity index (χ4v) is 15.4. The van der Waals surface area contributed by atoms with Crippen molar-refractivity contribution in [2.75, 3.05) is 39.6 Å². The largest absolute Gasteiger partial charge is 0.472 e. The van der Waals surface area contributed by atoms with Gasteiger partial charge in [-0.25, -0.2) is 9.13 Å². The molecule has 0 bridgehead atoms. The molecule has 0 spiro atoms. The highest BCUT2D eigenvalue weighted by Gasteiger charge is 2.30. The van der Waals surface area contributed by atoms with E-state index < -0.39 is 97.5 Å². The highest BCUT2D eigenvalue weighted by Crippen LogP contribution is 2.45. The van der Waals surface area contributed by atoms with Gasteiger partial charge in [0, 0.05) is 25.7 Å². The van der Waals surface area contributed by atoms with Crippen LogP contribution in [0.4, 0.5) is 0 Å². The molecule has 0 heterocycles. The molecule has 0 saturated heterocycles. The molecule has 0 aliphatic rings. The van der Waals surface area contributed by atoms with Crippen LogP contribution in [0.15, 0.2) is 0 Å². The number of aliphatic hydroxyl groups excluding tert-OH is 1. The maximum Gasteiger partial charge on any atom is 0.472 e. The summed E-state index contributed by atoms with van der Waals surface area (Å²) in [6.45, 7) is 7.30. The van der Waals surface area contributed by atoms with Crippen molar-refractivity contribution >= 4 is 39.5 Å². The average molecular weight is 1560 g/mol. The molecule has 0 aliphatic carbocycles. The van der Waals surface area contributed by atoms with E-state index in [2.05, 4.69) is 34.6 Å². The van der Waals surface area contributed by atoms with Gasteiger partial charge in [-0.2, -0.15) is 0 Å². The molecule has 0 aliphatic heterocycles. The van der Waals surface area contributed by atoms with E-state index in [0.717, 1.165) is 102 Å². The summed E-state index contributed by atoms with van der Waals surface area (Å²) in [7, 11) is -9.92. The van der Waals surface area contributed by atoms with Gasteiger partial charge in [-0.3, -0.25) is 37.3 Å². The zero-order valence-corrected chi connectivity index (χ0v) is 72.1. The first-order chi connectivity index (χ1) is 52.0. The van der Waals surface area contributed by atoms with Gasteiger partial charge in [0.1, 0.15) is 19.3 Å². The van der Waals surface area contributed by atoms with Gasteiger partial charge < -0.3 is 33.8 Å². The molecule has 19 heteroatoms. The third-order valence-electron chi connectivity index (χ3n) is 20.8. The van der Waals surface area contributed by atoms with E-state index in [4.69, 9.17) is 37.0 Å². The van der Waals surface area contributed by atoms with Crippen molar-refractivity contribution in [1.82, 2.24) is 0 Å². The van der Waals surface area contributed by atoms with Crippen molar-refractivity contribution in [1.29, 1.82) is 0 Å². The monoisotopic (exact) mass is 1560 g/mol. The van der Waals surface area contributed by atoms with Gasteiger partial charge in [0.2, 0.25) is 0 Å². The van der Waals surface area contributed by atoms with Crippen molar-refractivity contribution in [2.24, 2.45) is 5.92 Å². The summed E-state index contributed by atoms with van der Waals surface area (Å²) in [5, 5.41) is 10.6. The second-order valence-electron chi connectivity index (χ2n) is 32.1. The minimum Gasteiger partial charge on any atom is -0.462 e. The first kappa shape index (κ1) is 105. The van der Waals surface area contributed by atoms with Crippen LogP contribution in [0.2, 0.25) is 0 Å². The fourth-order valence-electron chi connectivity index (χ4n) is 13.8. The maximum atomic E-state index is 13.1. The van der Waals surface area contributed by atoms with Gasteiger partial charge in [-0.15, -0.1) is 0 Å². The Labute approximate surface area is 658 Å². The van der Waals surface area contributed by atoms with Gasteiger partial charge >= 0.3 is 39.5 Å². The Morgan fingerprint density at radius 1 is 0.252 bits per heavy atom. The summed E-state index contributed by atoms with van der Waals surface area (Å²) in [6.07, 6.45) is 75.8. The third-order valence-corrected chi connectivity index (χ3v) is 22.7. The van der Waals surface area contributed by atoms with E-state index in [0.29, 0.717) is 25.7 Å². The third kappa shape index (κ3) is 81.9. The molecule has 107 heavy (non-hydrogen) atoms. The van der Waals surface area contributed by atoms with E-state index >= 15 is 0 Å². The number of aliphatic hydroxyl groups is 1. The summed E-state index contributed by atoms with van der Waals surface area (Å²) >= 11 is 0. The lowest BCUT2D eigenvalue weighted by Crippen LogP contribution is -2.30. The molecule has 636 valence electrons. The molecule has 0 radical (unpaired) electrons. The number of phosphoric acid groups is 2. The summed E-state index contributed by atoms with van der Waals surface area (Å²) in [5.74, 6) is -1.31. The van der Waals surface area contributed by atoms with Crippen molar-refractivity contribution in [3.63, 3.8) is 0 Å². The molecular weight excluding hydrogens is 1390 g/mol. The average Bonchev–Trinajstić information content (AvgIpc) is 0.903. The quantitative estimate of drug-likeness (QED) is 0.0222. The number of esters is 4. The number of carbonyl (C=O) groups is 4. The maximum absolute atomic E-state index is 13.1. The molecular formula is C88H172O17P2. The number of rotatable bonds is 88. The Bertz CT molecular complexity index is 2030. The second-order valence-corrected chi connectivity index (χ2v) is 35.0. The minimum atomic E-state index is -4.96. The molecule has 0 fully saturated rings. The lowest BCUT2D eigenvalue weighted by atomic mass is 10.0. The highest BCUT2D eigenvalue weighted by atomic mass is 31.2. The molecule has 0 aromatic carbocycles. The standard InChI is InChI=1S/C88H172O17P2/c1-6-9-12-15-17-19-21-23-25-27-29-31-33-35-37-41-45-49-53-57-62-67-72-86(91)99-78-84(105-88(93)74-69-63-58-54-50-46-42-38-36-34-32-30-28-26-24-22-20-18-16-13-10-7-2)80-103-107(96,97)101-76-82(89)75-100-106(94,95)102-79-83(77-98-85(90)71-66-60-14-11-8-3)104-87(92)73-68-64-59-55-51-47-43-39-40-44-48-52-56-61-65-70-81(4)5/h81-84,89H,6-80H2,1-5H3,(H,94,95)(H,96,97)/t82-,83+,84+/m0/s1. The number of unbranched alkanes of at least 4 members (excludes halogenated alkanes) is 60. The van der Waals surface area contributed by atoms with Gasteiger partial charge in [-0.05, 0) is 31.6 Å². The highest BCUT2D eigenvalue weighted by molar-refractivity contribution is 7.47. The van der Waals surface area contributed by atoms with Crippen LogP contribution in [-0.2, 0) is 65.4 Å². The van der Waals surface area contributed by atoms with Crippen LogP contribution >= 0.6 is 15.6 Å². The van der Waals surface area contributed by atoms with Crippen LogP contribution < -0.4 is 0 Å². The van der Waals surface area contributed by atoms with E-state index in [9.17, 15) is 43.2 Å². The Kier molecular flexibility index (Phi) is 79.2. The van der Waals surface area contributed by atoms with Crippen molar-refractivity contribution in [3.05, 3.63) is 0 Å². The molecule has 17 nitrogen and oxygen atoms in total. The van der Waals surface area contributed by atoms with Gasteiger partial charge in [-0.1, -0.05) is 426 Å². The summed E-state index contributed by atoms with van der Waals surface area (Å²) in [6, 6.07) is 0. The molecule has 0 amide bonds. The van der Waals surface area contributed by atoms with Crippen LogP contribution in [0.3, 0.4) is 0 Å². The Hall–Kier alpha value is -1.94. The fraction of sp³-hybridized carbons (Fsp3) is 0.955. The van der Waals surface area contributed by atoms with E-state index in [1.807, 2.05) is 0 Å². The van der Waals surface area contributed by atoms with Crippen LogP contribution in [0.1, 0.15) is 478 Å². The molecule has 0 saturated carbocycles. The van der Waals surface area contributed by atoms with Crippen LogP contribution in [0.25, 0.3) is 0 Å². The number of carbonyl (C=O) groups excluding carboxylic acids is 4. The molecule has 0 aromatic heterocycles. The van der Waals surface area contributed by atoms with E-state index in [1.54, 1.807) is 0 Å². The number of phosphoric ester groups is 2. The normalized spacial score (nSPS) is 13.7. The van der Waals surface area contributed by atoms with Crippen LogP contribution in [0.5, 0.6) is 0 Å². The summed E-state index contributed by atoms with van der Waals surface area (Å²) in [5.41, 5.74) is 0. The number of hydrogen-bond acceptors (Lipinski definition) is 15. The topological polar surface area (TPSA) is 237 Å². The SMILES string of the molecule is CCCCCCCCCCCCCCCCCCCCCCCCC(=O)OC[C@H](COP(=O)(O)OC[C@@H](O)COP(=O)(O)OC[C@@H](COC(=O)CCCCCCC)OC(=O)CCCCCCCCCCCCCCCCCC(C)C)OC(=O)CCCCCCCCCCCCCCCCCCCCCCCC. The van der Waals surface area contributed by atoms with Crippen molar-refractivity contribution < 1.29 is 80.2 Å². The van der Waals surface area contributed by atoms with Gasteiger partial charge in [0.05, 0.1) is 26.4 Å². The second kappa shape index (κ2) is 80.7. The van der Waals surface area contributed by atoms with Gasteiger partial charge in [0.15, 0.2) is 12.2 Å². The zero-order valence-electron chi connectivity index (χ0n) is 70.3. The first-order valence-electron chi connectivity index (χ1n) is 45.6. The summed E-state index contributed by atoms with van der Waals surface area (Å²) < 4.78 is 68.7. The van der Waals surface area contributed by atoms with Crippen molar-refractivity contribution in [3.8, 4) is 0 Å². The van der Waals surface area contributed by atoms with E-state index in [1.165, 1.54) is 295 Å². The van der Waals surface area contributed by atoms with Crippen LogP contribution in [-0.4, -0.2) is 96.7 Å². The van der Waals surface area contributed by atoms with Gasteiger partial charge in [0.25, 0.3) is 0 Å². The molecule has 3 N–H and O–H groups in total. The Balaban J connectivity index is 5.08. The predicted molar refractivity (Wildman–Crippen MR) is 442 cm³/mol. The molecule has 5 atom stereocenters. The number of hydrogen-bond donors (Lipinski definition) is 3. The Morgan fingerprint density at radius 2 is 0.430 bits per heavy atom. The molecule has 0 rings (SSSR count). The zero-order chi connectivity index (χ0) is 78.3. The first-order valence-corrected chi connectivity index (χ1v) is 48.6. The van der Waals surface area contributed by atoms with E-state index in [-0.39, 0.29) is 25.7 Å². The minimum absolute atomic E-state index is 0.107. The Morgan fingerprint density at radius 3 is 0.636 bits per heavy atom. The predicted octanol–water partition coefficient (Wildman–Crippen LogP) is 27.2.